The predicted octanol–water partition coefficient (Wildman–Crippen LogP) is 16.0. The molecule has 0 aliphatic rings. The largest absolute Gasteiger partial charge is 0.507 e. The molecule has 0 atom stereocenters. The Morgan fingerprint density at radius 1 is 0.491 bits per heavy atom. The molecule has 0 unspecified atom stereocenters. The van der Waals surface area contributed by atoms with Crippen LogP contribution in [0, 0.1) is 5.92 Å². The molecule has 0 spiro atoms. The summed E-state index contributed by atoms with van der Waals surface area (Å²) in [6.07, 6.45) is 42.3. The molecule has 1 rings (SSSR count). The van der Waals surface area contributed by atoms with Crippen LogP contribution >= 0.6 is 0 Å². The first kappa shape index (κ1) is 53.0. The van der Waals surface area contributed by atoms with Crippen LogP contribution in [-0.4, -0.2) is 30.3 Å². The first-order valence-corrected chi connectivity index (χ1v) is 24.8. The number of aromatic hydroxyl groups is 1. The van der Waals surface area contributed by atoms with Gasteiger partial charge in [-0.25, -0.2) is 0 Å². The summed E-state index contributed by atoms with van der Waals surface area (Å²) in [5, 5.41) is 10.9. The summed E-state index contributed by atoms with van der Waals surface area (Å²) in [6.45, 7) is 13.5. The van der Waals surface area contributed by atoms with Gasteiger partial charge in [-0.2, -0.15) is 0 Å². The van der Waals surface area contributed by atoms with Crippen molar-refractivity contribution in [3.05, 3.63) is 28.8 Å². The molecule has 0 radical (unpaired) electrons. The van der Waals surface area contributed by atoms with E-state index < -0.39 is 17.9 Å². The second-order valence-electron chi connectivity index (χ2n) is 18.5. The molecular formula is C52H94O5. The number of benzene rings is 1. The van der Waals surface area contributed by atoms with E-state index in [1.54, 1.807) is 0 Å². The minimum Gasteiger partial charge on any atom is -0.507 e. The smallest absolute Gasteiger partial charge is 0.320 e. The first-order valence-electron chi connectivity index (χ1n) is 24.8. The zero-order chi connectivity index (χ0) is 41.8. The van der Waals surface area contributed by atoms with Gasteiger partial charge in [0.05, 0.1) is 13.2 Å². The van der Waals surface area contributed by atoms with Gasteiger partial charge in [-0.1, -0.05) is 246 Å². The number of aryl methyl sites for hydroxylation is 1. The van der Waals surface area contributed by atoms with Gasteiger partial charge >= 0.3 is 11.9 Å². The van der Waals surface area contributed by atoms with Gasteiger partial charge in [0.25, 0.3) is 0 Å². The number of unbranched alkanes of at least 4 members (excludes halogenated alkanes) is 30. The quantitative estimate of drug-likeness (QED) is 0.0408. The van der Waals surface area contributed by atoms with Crippen molar-refractivity contribution in [3.63, 3.8) is 0 Å². The number of phenolic OH excluding ortho intramolecular Hbond substituents is 1. The molecule has 0 aromatic heterocycles. The second-order valence-corrected chi connectivity index (χ2v) is 18.5. The Labute approximate surface area is 354 Å². The van der Waals surface area contributed by atoms with Crippen molar-refractivity contribution in [2.24, 2.45) is 5.92 Å². The summed E-state index contributed by atoms with van der Waals surface area (Å²) in [6, 6.07) is 3.89. The van der Waals surface area contributed by atoms with Gasteiger partial charge in [-0.15, -0.1) is 0 Å². The van der Waals surface area contributed by atoms with Crippen LogP contribution in [0.2, 0.25) is 0 Å². The van der Waals surface area contributed by atoms with Crippen molar-refractivity contribution in [3.8, 4) is 5.75 Å². The van der Waals surface area contributed by atoms with Crippen molar-refractivity contribution in [1.82, 2.24) is 0 Å². The van der Waals surface area contributed by atoms with E-state index in [-0.39, 0.29) is 11.8 Å². The van der Waals surface area contributed by atoms with E-state index in [1.165, 1.54) is 167 Å². The molecule has 0 fully saturated rings. The average molecular weight is 799 g/mol. The first-order chi connectivity index (χ1) is 27.6. The van der Waals surface area contributed by atoms with Gasteiger partial charge in [0.2, 0.25) is 0 Å². The number of rotatable bonds is 39. The van der Waals surface area contributed by atoms with E-state index >= 15 is 0 Å². The summed E-state index contributed by atoms with van der Waals surface area (Å²) in [5.41, 5.74) is 2.25. The molecule has 0 amide bonds. The van der Waals surface area contributed by atoms with Crippen molar-refractivity contribution in [1.29, 1.82) is 0 Å². The van der Waals surface area contributed by atoms with Gasteiger partial charge in [-0.3, -0.25) is 9.59 Å². The Balaban J connectivity index is 2.43. The summed E-state index contributed by atoms with van der Waals surface area (Å²) >= 11 is 0. The van der Waals surface area contributed by atoms with Gasteiger partial charge in [0.1, 0.15) is 5.75 Å². The number of esters is 2. The topological polar surface area (TPSA) is 72.8 Å². The van der Waals surface area contributed by atoms with Crippen LogP contribution in [0.4, 0.5) is 0 Å². The van der Waals surface area contributed by atoms with E-state index in [0.29, 0.717) is 25.4 Å². The van der Waals surface area contributed by atoms with Crippen LogP contribution in [0.1, 0.15) is 264 Å². The number of carbonyl (C=O) groups is 2. The molecule has 1 aromatic rings. The Morgan fingerprint density at radius 2 is 0.789 bits per heavy atom. The van der Waals surface area contributed by atoms with E-state index in [2.05, 4.69) is 34.6 Å². The fourth-order valence-electron chi connectivity index (χ4n) is 8.07. The Kier molecular flexibility index (Phi) is 33.3. The van der Waals surface area contributed by atoms with E-state index in [1.807, 2.05) is 19.1 Å². The highest BCUT2D eigenvalue weighted by Crippen LogP contribution is 2.35. The molecule has 1 aromatic carbocycles. The standard InChI is InChI=1S/C52H94O5/c1-7-10-12-14-16-18-20-22-24-26-28-30-32-34-36-38-40-56-50(54)47(43-45-42-46(9-3)49(53)48(44-45)52(4,5)6)51(55)57-41-39-37-35-33-31-29-27-25-23-21-19-17-15-13-11-8-2/h42,44,47,53H,7-41,43H2,1-6H3. The molecular weight excluding hydrogens is 705 g/mol. The molecule has 0 saturated heterocycles. The molecule has 0 bridgehead atoms. The molecule has 1 N–H and O–H groups in total. The van der Waals surface area contributed by atoms with E-state index in [9.17, 15) is 14.7 Å². The fourth-order valence-corrected chi connectivity index (χ4v) is 8.07. The third-order valence-electron chi connectivity index (χ3n) is 11.9. The minimum atomic E-state index is -1.01. The third-order valence-corrected chi connectivity index (χ3v) is 11.9. The maximum Gasteiger partial charge on any atom is 0.320 e. The number of ether oxygens (including phenoxy) is 2. The molecule has 0 heterocycles. The lowest BCUT2D eigenvalue weighted by Crippen LogP contribution is -2.30. The highest BCUT2D eigenvalue weighted by Gasteiger charge is 2.31. The van der Waals surface area contributed by atoms with Crippen LogP contribution < -0.4 is 0 Å². The molecule has 5 heteroatoms. The summed E-state index contributed by atoms with van der Waals surface area (Å²) in [5.74, 6) is -1.68. The zero-order valence-corrected chi connectivity index (χ0v) is 38.8. The maximum atomic E-state index is 13.5. The fraction of sp³-hybridized carbons (Fsp3) is 0.846. The van der Waals surface area contributed by atoms with Crippen LogP contribution in [0.15, 0.2) is 12.1 Å². The summed E-state index contributed by atoms with van der Waals surface area (Å²) in [4.78, 5) is 26.9. The van der Waals surface area contributed by atoms with Crippen LogP contribution in [0.3, 0.4) is 0 Å². The normalized spacial score (nSPS) is 11.8. The lowest BCUT2D eigenvalue weighted by molar-refractivity contribution is -0.162. The maximum absolute atomic E-state index is 13.5. The third kappa shape index (κ3) is 28.1. The van der Waals surface area contributed by atoms with Crippen molar-refractivity contribution in [2.45, 2.75) is 265 Å². The van der Waals surface area contributed by atoms with E-state index in [0.717, 1.165) is 55.2 Å². The number of hydrogen-bond acceptors (Lipinski definition) is 5. The van der Waals surface area contributed by atoms with Crippen molar-refractivity contribution < 1.29 is 24.2 Å². The van der Waals surface area contributed by atoms with Crippen LogP contribution in [0.25, 0.3) is 0 Å². The van der Waals surface area contributed by atoms with E-state index in [4.69, 9.17) is 9.47 Å². The van der Waals surface area contributed by atoms with Crippen molar-refractivity contribution >= 4 is 11.9 Å². The van der Waals surface area contributed by atoms with Gasteiger partial charge < -0.3 is 14.6 Å². The van der Waals surface area contributed by atoms with Crippen molar-refractivity contribution in [2.75, 3.05) is 13.2 Å². The number of phenols is 1. The summed E-state index contributed by atoms with van der Waals surface area (Å²) < 4.78 is 11.5. The van der Waals surface area contributed by atoms with Crippen LogP contribution in [-0.2, 0) is 37.3 Å². The Morgan fingerprint density at radius 3 is 1.07 bits per heavy atom. The summed E-state index contributed by atoms with van der Waals surface area (Å²) in [7, 11) is 0. The Hall–Kier alpha value is -2.04. The Bertz CT molecular complexity index is 1050. The van der Waals surface area contributed by atoms with Gasteiger partial charge in [0, 0.05) is 0 Å². The second kappa shape index (κ2) is 35.9. The number of carbonyl (C=O) groups excluding carboxylic acids is 2. The predicted molar refractivity (Wildman–Crippen MR) is 244 cm³/mol. The molecule has 0 aliphatic carbocycles. The zero-order valence-electron chi connectivity index (χ0n) is 38.8. The lowest BCUT2D eigenvalue weighted by Gasteiger charge is -2.24. The van der Waals surface area contributed by atoms with Gasteiger partial charge in [0.15, 0.2) is 5.92 Å². The molecule has 0 aliphatic heterocycles. The molecule has 0 saturated carbocycles. The lowest BCUT2D eigenvalue weighted by atomic mass is 9.82. The monoisotopic (exact) mass is 799 g/mol. The highest BCUT2D eigenvalue weighted by atomic mass is 16.6. The SMILES string of the molecule is CCCCCCCCCCCCCCCCCCOC(=O)C(Cc1cc(CC)c(O)c(C(C)(C)C)c1)C(=O)OCCCCCCCCCCCCCCCCCC. The highest BCUT2D eigenvalue weighted by molar-refractivity contribution is 5.95. The average Bonchev–Trinajstić information content (AvgIpc) is 3.19. The van der Waals surface area contributed by atoms with Crippen LogP contribution in [0.5, 0.6) is 5.75 Å². The molecule has 5 nitrogen and oxygen atoms in total. The number of hydrogen-bond donors (Lipinski definition) is 1. The minimum absolute atomic E-state index is 0.214. The molecule has 57 heavy (non-hydrogen) atoms. The molecule has 332 valence electrons. The van der Waals surface area contributed by atoms with Gasteiger partial charge in [-0.05, 0) is 47.8 Å².